The third-order valence-electron chi connectivity index (χ3n) is 7.51. The molecule has 0 atom stereocenters. The molecule has 0 bridgehead atoms. The van der Waals surface area contributed by atoms with Crippen molar-refractivity contribution in [2.75, 3.05) is 27.2 Å². The number of likely N-dealkylation sites (tertiary alicyclic amines) is 1. The maximum Gasteiger partial charge on any atom is 0.434 e. The fourth-order valence-electron chi connectivity index (χ4n) is 5.46. The summed E-state index contributed by atoms with van der Waals surface area (Å²) in [5.41, 5.74) is 4.58. The predicted molar refractivity (Wildman–Crippen MR) is 149 cm³/mol. The molecule has 2 aromatic carbocycles. The van der Waals surface area contributed by atoms with Gasteiger partial charge in [0.05, 0.1) is 29.0 Å². The summed E-state index contributed by atoms with van der Waals surface area (Å²) in [6.45, 7) is 3.18. The fraction of sp³-hybridized carbons (Fsp3) is 0.267. The molecule has 0 spiro atoms. The Balaban J connectivity index is 1.29. The Bertz CT molecular complexity index is 1730. The van der Waals surface area contributed by atoms with Crippen LogP contribution in [0.1, 0.15) is 35.1 Å². The molecule has 1 saturated heterocycles. The number of nitrogens with zero attached hydrogens (tertiary/aromatic N) is 6. The molecule has 0 N–H and O–H groups in total. The number of benzene rings is 2. The van der Waals surface area contributed by atoms with Crippen molar-refractivity contribution in [2.24, 2.45) is 0 Å². The van der Waals surface area contributed by atoms with Gasteiger partial charge >= 0.3 is 6.09 Å². The number of rotatable bonds is 4. The van der Waals surface area contributed by atoms with Crippen LogP contribution in [0.2, 0.25) is 0 Å². The molecule has 1 fully saturated rings. The highest BCUT2D eigenvalue weighted by molar-refractivity contribution is 6.07. The Labute approximate surface area is 230 Å². The van der Waals surface area contributed by atoms with E-state index in [0.717, 1.165) is 40.8 Å². The molecule has 6 rings (SSSR count). The second-order valence-corrected chi connectivity index (χ2v) is 10.3. The topological polar surface area (TPSA) is 85.5 Å². The Morgan fingerprint density at radius 2 is 1.73 bits per heavy atom. The molecule has 9 nitrogen and oxygen atoms in total. The highest BCUT2D eigenvalue weighted by Crippen LogP contribution is 2.32. The van der Waals surface area contributed by atoms with E-state index in [4.69, 9.17) is 4.84 Å². The van der Waals surface area contributed by atoms with Crippen molar-refractivity contribution < 1.29 is 18.8 Å². The number of piperidine rings is 1. The molecule has 3 aromatic heterocycles. The Morgan fingerprint density at radius 1 is 1.00 bits per heavy atom. The smallest absolute Gasteiger partial charge is 0.338 e. The number of halogens is 1. The second-order valence-electron chi connectivity index (χ2n) is 10.3. The minimum absolute atomic E-state index is 0.117. The number of amides is 2. The third kappa shape index (κ3) is 4.55. The summed E-state index contributed by atoms with van der Waals surface area (Å²) >= 11 is 0. The minimum atomic E-state index is -0.568. The van der Waals surface area contributed by atoms with Gasteiger partial charge in [0, 0.05) is 44.8 Å². The van der Waals surface area contributed by atoms with Crippen LogP contribution in [0.25, 0.3) is 33.1 Å². The summed E-state index contributed by atoms with van der Waals surface area (Å²) in [4.78, 5) is 43.8. The molecule has 0 aliphatic carbocycles. The summed E-state index contributed by atoms with van der Waals surface area (Å²) in [5, 5.41) is 0.675. The van der Waals surface area contributed by atoms with Crippen molar-refractivity contribution in [3.05, 3.63) is 84.3 Å². The van der Waals surface area contributed by atoms with Gasteiger partial charge in [0.25, 0.3) is 5.91 Å². The molecular formula is C30H29FN6O3. The number of imidazole rings is 1. The summed E-state index contributed by atoms with van der Waals surface area (Å²) in [6, 6.07) is 14.0. The molecule has 40 heavy (non-hydrogen) atoms. The van der Waals surface area contributed by atoms with Gasteiger partial charge in [-0.3, -0.25) is 9.78 Å². The van der Waals surface area contributed by atoms with Crippen molar-refractivity contribution in [3.63, 3.8) is 0 Å². The van der Waals surface area contributed by atoms with Gasteiger partial charge in [-0.05, 0) is 55.2 Å². The third-order valence-corrected chi connectivity index (χ3v) is 7.51. The molecule has 10 heteroatoms. The van der Waals surface area contributed by atoms with E-state index in [9.17, 15) is 14.0 Å². The van der Waals surface area contributed by atoms with Crippen molar-refractivity contribution in [2.45, 2.75) is 25.8 Å². The predicted octanol–water partition coefficient (Wildman–Crippen LogP) is 5.09. The number of aromatic nitrogens is 4. The van der Waals surface area contributed by atoms with Crippen LogP contribution >= 0.6 is 0 Å². The number of aryl methyl sites for hydroxylation is 1. The normalized spacial score (nSPS) is 14.2. The van der Waals surface area contributed by atoms with E-state index >= 15 is 0 Å². The fourth-order valence-corrected chi connectivity index (χ4v) is 5.46. The zero-order chi connectivity index (χ0) is 28.0. The van der Waals surface area contributed by atoms with E-state index in [0.29, 0.717) is 29.6 Å². The van der Waals surface area contributed by atoms with E-state index in [1.165, 1.54) is 21.8 Å². The zero-order valence-electron chi connectivity index (χ0n) is 22.5. The summed E-state index contributed by atoms with van der Waals surface area (Å²) in [6.07, 6.45) is 6.15. The first-order chi connectivity index (χ1) is 19.3. The minimum Gasteiger partial charge on any atom is -0.338 e. The van der Waals surface area contributed by atoms with E-state index < -0.39 is 6.09 Å². The van der Waals surface area contributed by atoms with Crippen LogP contribution in [0.15, 0.2) is 67.1 Å². The van der Waals surface area contributed by atoms with Gasteiger partial charge in [-0.15, -0.1) is 0 Å². The summed E-state index contributed by atoms with van der Waals surface area (Å²) in [7, 11) is 3.19. The first-order valence-corrected chi connectivity index (χ1v) is 13.2. The monoisotopic (exact) mass is 540 g/mol. The number of carbonyl (C=O) groups is 2. The summed E-state index contributed by atoms with van der Waals surface area (Å²) in [5.74, 6) is 0.503. The van der Waals surface area contributed by atoms with E-state index in [2.05, 4.69) is 14.5 Å². The molecular weight excluding hydrogens is 511 g/mol. The van der Waals surface area contributed by atoms with Gasteiger partial charge in [0.2, 0.25) is 0 Å². The molecule has 5 aromatic rings. The molecule has 1 aliphatic rings. The quantitative estimate of drug-likeness (QED) is 0.317. The van der Waals surface area contributed by atoms with Crippen LogP contribution in [-0.2, 0) is 0 Å². The first-order valence-electron chi connectivity index (χ1n) is 13.2. The van der Waals surface area contributed by atoms with Crippen LogP contribution in [-0.4, -0.2) is 68.3 Å². The second kappa shape index (κ2) is 10.1. The average molecular weight is 541 g/mol. The lowest BCUT2D eigenvalue weighted by molar-refractivity contribution is 0.0693. The number of hydrogen-bond acceptors (Lipinski definition) is 5. The van der Waals surface area contributed by atoms with Gasteiger partial charge in [-0.1, -0.05) is 24.3 Å². The maximum absolute atomic E-state index is 13.8. The first kappa shape index (κ1) is 25.5. The standard InChI is InChI=1S/C30H29FN6O3/c1-19-33-26-17-32-13-10-27(26)37(19)23-11-14-35(15-12-23)29(38)25-18-36(40-30(39)34(2)3)28-16-21(6-9-24(25)28)20-4-7-22(31)8-5-20/h4-10,13,16-18,23H,11-12,14-15H2,1-3H3. The number of pyridine rings is 1. The lowest BCUT2D eigenvalue weighted by Crippen LogP contribution is -2.39. The highest BCUT2D eigenvalue weighted by Gasteiger charge is 2.29. The SMILES string of the molecule is Cc1nc2cnccc2n1C1CCN(C(=O)c2cn(OC(=O)N(C)C)c3cc(-c4ccc(F)cc4)ccc23)CC1. The molecule has 2 amide bonds. The van der Waals surface area contributed by atoms with Crippen LogP contribution in [0.4, 0.5) is 9.18 Å². The lowest BCUT2D eigenvalue weighted by Gasteiger charge is -2.33. The van der Waals surface area contributed by atoms with Gasteiger partial charge < -0.3 is 19.2 Å². The van der Waals surface area contributed by atoms with Gasteiger partial charge in [0.15, 0.2) is 0 Å². The van der Waals surface area contributed by atoms with E-state index in [1.807, 2.05) is 36.1 Å². The van der Waals surface area contributed by atoms with Crippen molar-refractivity contribution in [1.82, 2.24) is 29.1 Å². The number of hydrogen-bond donors (Lipinski definition) is 0. The van der Waals surface area contributed by atoms with E-state index in [-0.39, 0.29) is 17.8 Å². The van der Waals surface area contributed by atoms with Gasteiger partial charge in [-0.25, -0.2) is 14.2 Å². The van der Waals surface area contributed by atoms with Crippen molar-refractivity contribution in [1.29, 1.82) is 0 Å². The Kier molecular flexibility index (Phi) is 6.45. The molecule has 0 saturated carbocycles. The van der Waals surface area contributed by atoms with Crippen LogP contribution in [0.5, 0.6) is 0 Å². The van der Waals surface area contributed by atoms with Crippen LogP contribution in [0.3, 0.4) is 0 Å². The summed E-state index contributed by atoms with van der Waals surface area (Å²) < 4.78 is 17.1. The van der Waals surface area contributed by atoms with Crippen molar-refractivity contribution in [3.8, 4) is 11.1 Å². The highest BCUT2D eigenvalue weighted by atomic mass is 19.1. The molecule has 0 unspecified atom stereocenters. The molecule has 1 aliphatic heterocycles. The van der Waals surface area contributed by atoms with Gasteiger partial charge in [0.1, 0.15) is 17.2 Å². The van der Waals surface area contributed by atoms with E-state index in [1.54, 1.807) is 44.8 Å². The maximum atomic E-state index is 13.8. The molecule has 0 radical (unpaired) electrons. The van der Waals surface area contributed by atoms with Gasteiger partial charge in [-0.2, -0.15) is 4.73 Å². The molecule has 4 heterocycles. The Morgan fingerprint density at radius 3 is 2.45 bits per heavy atom. The van der Waals surface area contributed by atoms with Crippen LogP contribution in [0, 0.1) is 12.7 Å². The number of fused-ring (bicyclic) bond motifs is 2. The number of carbonyl (C=O) groups excluding carboxylic acids is 2. The molecule has 204 valence electrons. The average Bonchev–Trinajstić information content (AvgIpc) is 3.49. The zero-order valence-corrected chi connectivity index (χ0v) is 22.5. The largest absolute Gasteiger partial charge is 0.434 e. The lowest BCUT2D eigenvalue weighted by atomic mass is 10.0. The Hall–Kier alpha value is -4.73. The van der Waals surface area contributed by atoms with Crippen molar-refractivity contribution >= 4 is 33.9 Å². The van der Waals surface area contributed by atoms with Crippen LogP contribution < -0.4 is 4.84 Å².